The first-order chi connectivity index (χ1) is 12.1. The minimum atomic E-state index is -0.243. The molecule has 0 saturated heterocycles. The van der Waals surface area contributed by atoms with Crippen molar-refractivity contribution in [3.05, 3.63) is 67.5 Å². The van der Waals surface area contributed by atoms with Gasteiger partial charge in [0.05, 0.1) is 15.3 Å². The van der Waals surface area contributed by atoms with Crippen LogP contribution in [0.4, 0.5) is 5.82 Å². The number of fused-ring (bicyclic) bond motifs is 1. The molecule has 0 radical (unpaired) electrons. The summed E-state index contributed by atoms with van der Waals surface area (Å²) in [5.74, 6) is -0.103. The molecule has 0 aliphatic carbocycles. The molecule has 0 fully saturated rings. The van der Waals surface area contributed by atoms with Gasteiger partial charge in [-0.15, -0.1) is 27.8 Å². The molecular formula is C17H10BrN3O2S2. The van der Waals surface area contributed by atoms with Crippen LogP contribution in [0.15, 0.2) is 57.7 Å². The Morgan fingerprint density at radius 3 is 2.44 bits per heavy atom. The van der Waals surface area contributed by atoms with Crippen LogP contribution in [0.1, 0.15) is 19.3 Å². The predicted octanol–water partition coefficient (Wildman–Crippen LogP) is 4.86. The van der Waals surface area contributed by atoms with Gasteiger partial charge in [-0.05, 0) is 41.1 Å². The Balaban J connectivity index is 1.80. The van der Waals surface area contributed by atoms with E-state index in [1.54, 1.807) is 12.1 Å². The van der Waals surface area contributed by atoms with Gasteiger partial charge < -0.3 is 5.32 Å². The summed E-state index contributed by atoms with van der Waals surface area (Å²) in [5.41, 5.74) is 0.634. The van der Waals surface area contributed by atoms with Crippen LogP contribution in [-0.2, 0) is 0 Å². The highest BCUT2D eigenvalue weighted by Gasteiger charge is 2.20. The van der Waals surface area contributed by atoms with E-state index in [2.05, 4.69) is 26.3 Å². The van der Waals surface area contributed by atoms with E-state index in [0.29, 0.717) is 26.5 Å². The molecule has 3 aromatic heterocycles. The van der Waals surface area contributed by atoms with Crippen molar-refractivity contribution in [2.75, 3.05) is 5.32 Å². The number of aromatic nitrogens is 2. The number of halogens is 1. The van der Waals surface area contributed by atoms with Crippen molar-refractivity contribution in [2.24, 2.45) is 0 Å². The predicted molar refractivity (Wildman–Crippen MR) is 104 cm³/mol. The lowest BCUT2D eigenvalue weighted by Gasteiger charge is -2.00. The third-order valence-electron chi connectivity index (χ3n) is 3.54. The van der Waals surface area contributed by atoms with Gasteiger partial charge in [-0.3, -0.25) is 9.59 Å². The molecule has 3 heterocycles. The first kappa shape index (κ1) is 16.2. The van der Waals surface area contributed by atoms with E-state index in [4.69, 9.17) is 0 Å². The quantitative estimate of drug-likeness (QED) is 0.503. The Morgan fingerprint density at radius 1 is 1.04 bits per heavy atom. The van der Waals surface area contributed by atoms with E-state index in [9.17, 15) is 9.59 Å². The third-order valence-corrected chi connectivity index (χ3v) is 5.76. The van der Waals surface area contributed by atoms with Gasteiger partial charge in [0.1, 0.15) is 0 Å². The Kier molecular flexibility index (Phi) is 4.24. The minimum absolute atomic E-state index is 0.227. The second kappa shape index (κ2) is 6.55. The molecule has 4 aromatic rings. The zero-order chi connectivity index (χ0) is 17.4. The lowest BCUT2D eigenvalue weighted by Crippen LogP contribution is -2.14. The summed E-state index contributed by atoms with van der Waals surface area (Å²) in [6.45, 7) is 0. The number of hydrogen-bond donors (Lipinski definition) is 1. The number of rotatable bonds is 3. The number of anilines is 1. The minimum Gasteiger partial charge on any atom is -0.304 e. The molecule has 1 amide bonds. The summed E-state index contributed by atoms with van der Waals surface area (Å²) in [7, 11) is 0. The van der Waals surface area contributed by atoms with Crippen molar-refractivity contribution in [3.63, 3.8) is 0 Å². The molecule has 0 aliphatic rings. The molecular weight excluding hydrogens is 422 g/mol. The fourth-order valence-corrected chi connectivity index (χ4v) is 4.03. The third kappa shape index (κ3) is 3.04. The summed E-state index contributed by atoms with van der Waals surface area (Å²) >= 11 is 6.12. The van der Waals surface area contributed by atoms with Crippen LogP contribution in [0.2, 0.25) is 0 Å². The van der Waals surface area contributed by atoms with Gasteiger partial charge in [0.15, 0.2) is 5.82 Å². The highest BCUT2D eigenvalue weighted by Crippen LogP contribution is 2.28. The van der Waals surface area contributed by atoms with Crippen molar-refractivity contribution < 1.29 is 9.59 Å². The van der Waals surface area contributed by atoms with Gasteiger partial charge in [-0.2, -0.15) is 4.68 Å². The standard InChI is InChI=1S/C17H10BrN3O2S2/c18-10-5-6-11-12(9-10)21(17(23)14-4-2-8-25-14)20-15(11)19-16(22)13-3-1-7-24-13/h1-9H,(H,19,20,22). The van der Waals surface area contributed by atoms with E-state index >= 15 is 0 Å². The fourth-order valence-electron chi connectivity index (χ4n) is 2.42. The van der Waals surface area contributed by atoms with E-state index in [1.807, 2.05) is 41.1 Å². The van der Waals surface area contributed by atoms with Gasteiger partial charge in [-0.1, -0.05) is 28.1 Å². The van der Waals surface area contributed by atoms with Crippen LogP contribution < -0.4 is 5.32 Å². The fraction of sp³-hybridized carbons (Fsp3) is 0. The first-order valence-corrected chi connectivity index (χ1v) is 9.80. The van der Waals surface area contributed by atoms with Crippen LogP contribution in [0.25, 0.3) is 10.9 Å². The molecule has 1 N–H and O–H groups in total. The maximum Gasteiger partial charge on any atom is 0.288 e. The van der Waals surface area contributed by atoms with Gasteiger partial charge in [0.2, 0.25) is 0 Å². The average Bonchev–Trinajstić information content (AvgIpc) is 3.35. The van der Waals surface area contributed by atoms with Gasteiger partial charge in [0.25, 0.3) is 11.8 Å². The smallest absolute Gasteiger partial charge is 0.288 e. The van der Waals surface area contributed by atoms with Crippen molar-refractivity contribution in [3.8, 4) is 0 Å². The van der Waals surface area contributed by atoms with E-state index in [1.165, 1.54) is 27.4 Å². The summed E-state index contributed by atoms with van der Waals surface area (Å²) < 4.78 is 2.16. The van der Waals surface area contributed by atoms with Crippen LogP contribution in [0, 0.1) is 0 Å². The van der Waals surface area contributed by atoms with Crippen molar-refractivity contribution in [1.29, 1.82) is 0 Å². The highest BCUT2D eigenvalue weighted by atomic mass is 79.9. The molecule has 8 heteroatoms. The molecule has 1 aromatic carbocycles. The van der Waals surface area contributed by atoms with Crippen LogP contribution in [-0.4, -0.2) is 21.6 Å². The molecule has 0 spiro atoms. The second-order valence-electron chi connectivity index (χ2n) is 5.14. The van der Waals surface area contributed by atoms with Crippen molar-refractivity contribution in [2.45, 2.75) is 0 Å². The van der Waals surface area contributed by atoms with Gasteiger partial charge >= 0.3 is 0 Å². The first-order valence-electron chi connectivity index (χ1n) is 7.25. The lowest BCUT2D eigenvalue weighted by atomic mass is 10.2. The van der Waals surface area contributed by atoms with E-state index in [-0.39, 0.29) is 11.8 Å². The van der Waals surface area contributed by atoms with Crippen LogP contribution >= 0.6 is 38.6 Å². The summed E-state index contributed by atoms with van der Waals surface area (Å²) in [4.78, 5) is 26.3. The highest BCUT2D eigenvalue weighted by molar-refractivity contribution is 9.10. The Labute approximate surface area is 159 Å². The van der Waals surface area contributed by atoms with E-state index < -0.39 is 0 Å². The maximum atomic E-state index is 12.7. The SMILES string of the molecule is O=C(Nc1nn(C(=O)c2cccs2)c2cc(Br)ccc12)c1cccs1. The van der Waals surface area contributed by atoms with Crippen molar-refractivity contribution >= 4 is 67.1 Å². The normalized spacial score (nSPS) is 10.9. The maximum absolute atomic E-state index is 12.7. The monoisotopic (exact) mass is 431 g/mol. The van der Waals surface area contributed by atoms with Crippen molar-refractivity contribution in [1.82, 2.24) is 9.78 Å². The number of benzene rings is 1. The van der Waals surface area contributed by atoms with Gasteiger partial charge in [0, 0.05) is 9.86 Å². The number of nitrogens with one attached hydrogen (secondary N) is 1. The van der Waals surface area contributed by atoms with Crippen LogP contribution in [0.3, 0.4) is 0 Å². The van der Waals surface area contributed by atoms with Crippen LogP contribution in [0.5, 0.6) is 0 Å². The number of hydrogen-bond acceptors (Lipinski definition) is 5. The molecule has 0 saturated carbocycles. The molecule has 4 rings (SSSR count). The number of carbonyl (C=O) groups is 2. The molecule has 5 nitrogen and oxygen atoms in total. The number of thiophene rings is 2. The summed E-state index contributed by atoms with van der Waals surface area (Å²) in [5, 5.41) is 11.5. The number of nitrogens with zero attached hydrogens (tertiary/aromatic N) is 2. The molecule has 0 unspecified atom stereocenters. The Hall–Kier alpha value is -2.29. The molecule has 25 heavy (non-hydrogen) atoms. The Bertz CT molecular complexity index is 1070. The number of amides is 1. The topological polar surface area (TPSA) is 64.0 Å². The second-order valence-corrected chi connectivity index (χ2v) is 7.95. The molecule has 0 atom stereocenters. The molecule has 0 bridgehead atoms. The summed E-state index contributed by atoms with van der Waals surface area (Å²) in [6.07, 6.45) is 0. The Morgan fingerprint density at radius 2 is 1.76 bits per heavy atom. The molecule has 0 aliphatic heterocycles. The zero-order valence-corrected chi connectivity index (χ0v) is 15.8. The average molecular weight is 432 g/mol. The number of carbonyl (C=O) groups excluding carboxylic acids is 2. The largest absolute Gasteiger partial charge is 0.304 e. The lowest BCUT2D eigenvalue weighted by molar-refractivity contribution is 0.0952. The van der Waals surface area contributed by atoms with E-state index in [0.717, 1.165) is 4.47 Å². The zero-order valence-electron chi connectivity index (χ0n) is 12.6. The summed E-state index contributed by atoms with van der Waals surface area (Å²) in [6, 6.07) is 12.6. The molecule has 124 valence electrons. The van der Waals surface area contributed by atoms with Gasteiger partial charge in [-0.25, -0.2) is 0 Å².